The van der Waals surface area contributed by atoms with Gasteiger partial charge < -0.3 is 14.2 Å². The third-order valence-corrected chi connectivity index (χ3v) is 6.66. The maximum Gasteiger partial charge on any atom is 0.200 e. The summed E-state index contributed by atoms with van der Waals surface area (Å²) in [6.45, 7) is 8.45. The smallest absolute Gasteiger partial charge is 0.200 e. The first-order chi connectivity index (χ1) is 12.5. The minimum atomic E-state index is -0.768. The van der Waals surface area contributed by atoms with Gasteiger partial charge in [0.2, 0.25) is 5.79 Å². The number of hydrogen-bond donors (Lipinski definition) is 0. The molecule has 1 unspecified atom stereocenters. The van der Waals surface area contributed by atoms with Crippen molar-refractivity contribution in [3.05, 3.63) is 35.9 Å². The fraction of sp³-hybridized carbons (Fsp3) is 0.739. The summed E-state index contributed by atoms with van der Waals surface area (Å²) in [4.78, 5) is 0. The standard InChI is InChI=1S/C23H38O3/c1-6-7-8-9-10-14-17-22(3,21(2)18-26-19-21)23(24-4,25-5)20-15-12-11-13-16-20/h11-13,15-16H,6-10,14,17-19H2,1-5H3. The van der Waals surface area contributed by atoms with Crippen LogP contribution in [-0.4, -0.2) is 27.4 Å². The van der Waals surface area contributed by atoms with Gasteiger partial charge in [-0.2, -0.15) is 0 Å². The van der Waals surface area contributed by atoms with Crippen LogP contribution in [-0.2, 0) is 20.0 Å². The molecule has 1 saturated heterocycles. The normalized spacial score (nSPS) is 19.0. The molecule has 1 fully saturated rings. The van der Waals surface area contributed by atoms with Gasteiger partial charge >= 0.3 is 0 Å². The van der Waals surface area contributed by atoms with Crippen molar-refractivity contribution < 1.29 is 14.2 Å². The molecule has 0 bridgehead atoms. The predicted octanol–water partition coefficient (Wildman–Crippen LogP) is 5.93. The lowest BCUT2D eigenvalue weighted by Gasteiger charge is -2.59. The van der Waals surface area contributed by atoms with Crippen molar-refractivity contribution >= 4 is 0 Å². The Morgan fingerprint density at radius 1 is 0.962 bits per heavy atom. The highest BCUT2D eigenvalue weighted by Crippen LogP contribution is 2.59. The van der Waals surface area contributed by atoms with Crippen LogP contribution < -0.4 is 0 Å². The van der Waals surface area contributed by atoms with Crippen LogP contribution in [0.3, 0.4) is 0 Å². The van der Waals surface area contributed by atoms with Crippen LogP contribution in [0.15, 0.2) is 30.3 Å². The summed E-state index contributed by atoms with van der Waals surface area (Å²) in [5.41, 5.74) is 0.957. The number of rotatable bonds is 12. The molecule has 26 heavy (non-hydrogen) atoms. The third-order valence-electron chi connectivity index (χ3n) is 6.66. The molecule has 0 amide bonds. The van der Waals surface area contributed by atoms with Gasteiger partial charge in [-0.25, -0.2) is 0 Å². The molecule has 0 N–H and O–H groups in total. The number of benzene rings is 1. The van der Waals surface area contributed by atoms with Gasteiger partial charge in [0.15, 0.2) is 0 Å². The lowest BCUT2D eigenvalue weighted by molar-refractivity contribution is -0.343. The molecule has 3 nitrogen and oxygen atoms in total. The molecule has 0 radical (unpaired) electrons. The maximum absolute atomic E-state index is 6.18. The van der Waals surface area contributed by atoms with Crippen LogP contribution in [0.4, 0.5) is 0 Å². The third kappa shape index (κ3) is 3.85. The first-order valence-corrected chi connectivity index (χ1v) is 10.2. The molecule has 1 aliphatic heterocycles. The highest BCUT2D eigenvalue weighted by molar-refractivity contribution is 5.25. The Bertz CT molecular complexity index is 520. The molecule has 148 valence electrons. The molecule has 0 spiro atoms. The van der Waals surface area contributed by atoms with Gasteiger partial charge in [-0.1, -0.05) is 89.6 Å². The van der Waals surface area contributed by atoms with E-state index in [2.05, 4.69) is 45.0 Å². The fourth-order valence-electron chi connectivity index (χ4n) is 4.60. The molecular formula is C23H38O3. The summed E-state index contributed by atoms with van der Waals surface area (Å²) in [5.74, 6) is -0.768. The quantitative estimate of drug-likeness (QED) is 0.341. The largest absolute Gasteiger partial charge is 0.380 e. The van der Waals surface area contributed by atoms with Gasteiger partial charge in [-0.05, 0) is 6.42 Å². The maximum atomic E-state index is 6.18. The van der Waals surface area contributed by atoms with Crippen LogP contribution in [0.2, 0.25) is 0 Å². The Hall–Kier alpha value is -0.900. The van der Waals surface area contributed by atoms with Crippen molar-refractivity contribution in [1.29, 1.82) is 0 Å². The van der Waals surface area contributed by atoms with Crippen molar-refractivity contribution in [2.75, 3.05) is 27.4 Å². The zero-order valence-corrected chi connectivity index (χ0v) is 17.5. The average Bonchev–Trinajstić information content (AvgIpc) is 2.65. The molecule has 0 aromatic heterocycles. The number of hydrogen-bond acceptors (Lipinski definition) is 3. The Labute approximate surface area is 160 Å². The summed E-state index contributed by atoms with van der Waals surface area (Å²) in [7, 11) is 3.55. The molecule has 1 aliphatic rings. The first-order valence-electron chi connectivity index (χ1n) is 10.2. The highest BCUT2D eigenvalue weighted by atomic mass is 16.7. The van der Waals surface area contributed by atoms with Gasteiger partial charge in [-0.3, -0.25) is 0 Å². The van der Waals surface area contributed by atoms with Crippen LogP contribution >= 0.6 is 0 Å². The monoisotopic (exact) mass is 362 g/mol. The van der Waals surface area contributed by atoms with E-state index in [-0.39, 0.29) is 10.8 Å². The fourth-order valence-corrected chi connectivity index (χ4v) is 4.60. The molecule has 3 heteroatoms. The Balaban J connectivity index is 2.26. The van der Waals surface area contributed by atoms with Crippen LogP contribution in [0.25, 0.3) is 0 Å². The molecule has 1 atom stereocenters. The zero-order valence-electron chi connectivity index (χ0n) is 17.5. The minimum Gasteiger partial charge on any atom is -0.380 e. The van der Waals surface area contributed by atoms with Gasteiger partial charge in [0.05, 0.1) is 13.2 Å². The van der Waals surface area contributed by atoms with Crippen molar-refractivity contribution in [1.82, 2.24) is 0 Å². The SMILES string of the molecule is CCCCCCCCC(C)(C1(C)COC1)C(OC)(OC)c1ccccc1. The summed E-state index contributed by atoms with van der Waals surface area (Å²) < 4.78 is 18.0. The van der Waals surface area contributed by atoms with Gasteiger partial charge in [0.1, 0.15) is 0 Å². The van der Waals surface area contributed by atoms with E-state index in [1.54, 1.807) is 14.2 Å². The number of unbranched alkanes of at least 4 members (excludes halogenated alkanes) is 5. The molecule has 1 aromatic rings. The van der Waals surface area contributed by atoms with Crippen LogP contribution in [0.5, 0.6) is 0 Å². The van der Waals surface area contributed by atoms with Crippen molar-refractivity contribution in [2.24, 2.45) is 10.8 Å². The number of methoxy groups -OCH3 is 2. The highest BCUT2D eigenvalue weighted by Gasteiger charge is 2.62. The lowest BCUT2D eigenvalue weighted by Crippen LogP contribution is -2.62. The second kappa shape index (κ2) is 9.34. The van der Waals surface area contributed by atoms with E-state index in [9.17, 15) is 0 Å². The lowest BCUT2D eigenvalue weighted by atomic mass is 9.56. The van der Waals surface area contributed by atoms with Crippen molar-refractivity contribution in [3.63, 3.8) is 0 Å². The van der Waals surface area contributed by atoms with Gasteiger partial charge in [-0.15, -0.1) is 0 Å². The summed E-state index contributed by atoms with van der Waals surface area (Å²) in [6.07, 6.45) is 8.81. The van der Waals surface area contributed by atoms with Crippen LogP contribution in [0, 0.1) is 10.8 Å². The second-order valence-electron chi connectivity index (χ2n) is 8.29. The Morgan fingerprint density at radius 3 is 2.04 bits per heavy atom. The van der Waals surface area contributed by atoms with Gasteiger partial charge in [0.25, 0.3) is 0 Å². The van der Waals surface area contributed by atoms with Crippen LogP contribution in [0.1, 0.15) is 71.3 Å². The molecule has 0 saturated carbocycles. The molecule has 2 rings (SSSR count). The topological polar surface area (TPSA) is 27.7 Å². The average molecular weight is 363 g/mol. The van der Waals surface area contributed by atoms with E-state index in [0.717, 1.165) is 25.2 Å². The molecule has 1 heterocycles. The van der Waals surface area contributed by atoms with Crippen molar-refractivity contribution in [3.8, 4) is 0 Å². The van der Waals surface area contributed by atoms with E-state index in [4.69, 9.17) is 14.2 Å². The Morgan fingerprint density at radius 2 is 1.54 bits per heavy atom. The Kier molecular flexibility index (Phi) is 7.69. The summed E-state index contributed by atoms with van der Waals surface area (Å²) >= 11 is 0. The van der Waals surface area contributed by atoms with E-state index in [1.165, 1.54) is 38.5 Å². The van der Waals surface area contributed by atoms with Crippen molar-refractivity contribution in [2.45, 2.75) is 71.5 Å². The van der Waals surface area contributed by atoms with E-state index >= 15 is 0 Å². The molecule has 1 aromatic carbocycles. The second-order valence-corrected chi connectivity index (χ2v) is 8.29. The predicted molar refractivity (Wildman–Crippen MR) is 107 cm³/mol. The minimum absolute atomic E-state index is 0.0400. The summed E-state index contributed by atoms with van der Waals surface area (Å²) in [5, 5.41) is 0. The number of ether oxygens (including phenoxy) is 3. The van der Waals surface area contributed by atoms with E-state index < -0.39 is 5.79 Å². The van der Waals surface area contributed by atoms with E-state index in [0.29, 0.717) is 0 Å². The summed E-state index contributed by atoms with van der Waals surface area (Å²) in [6, 6.07) is 10.4. The first kappa shape index (κ1) is 21.4. The molecule has 0 aliphatic carbocycles. The molecular weight excluding hydrogens is 324 g/mol. The van der Waals surface area contributed by atoms with Gasteiger partial charge in [0, 0.05) is 30.6 Å². The van der Waals surface area contributed by atoms with E-state index in [1.807, 2.05) is 6.07 Å². The zero-order chi connectivity index (χ0) is 19.1.